The Kier molecular flexibility index (Phi) is 9.03. The molecule has 0 atom stereocenters. The van der Waals surface area contributed by atoms with Crippen LogP contribution in [0.2, 0.25) is 0 Å². The molecule has 0 bridgehead atoms. The second-order valence-electron chi connectivity index (χ2n) is 7.66. The summed E-state index contributed by atoms with van der Waals surface area (Å²) in [5.74, 6) is 2.04. The molecular formula is C24H34N2O4S. The van der Waals surface area contributed by atoms with Gasteiger partial charge in [-0.1, -0.05) is 0 Å². The third kappa shape index (κ3) is 6.61. The number of piperidine rings is 1. The molecule has 1 amide bonds. The van der Waals surface area contributed by atoms with Crippen molar-refractivity contribution in [1.29, 1.82) is 0 Å². The van der Waals surface area contributed by atoms with E-state index in [1.54, 1.807) is 23.5 Å². The molecule has 0 spiro atoms. The Bertz CT molecular complexity index is 790. The molecule has 3 rings (SSSR count). The van der Waals surface area contributed by atoms with Gasteiger partial charge in [-0.2, -0.15) is 11.3 Å². The predicted octanol–water partition coefficient (Wildman–Crippen LogP) is 4.59. The van der Waals surface area contributed by atoms with E-state index in [2.05, 4.69) is 27.0 Å². The fourth-order valence-electron chi connectivity index (χ4n) is 3.85. The highest BCUT2D eigenvalue weighted by Gasteiger charge is 2.22. The maximum absolute atomic E-state index is 12.9. The Balaban J connectivity index is 1.57. The van der Waals surface area contributed by atoms with Gasteiger partial charge in [-0.25, -0.2) is 0 Å². The first kappa shape index (κ1) is 23.4. The number of likely N-dealkylation sites (tertiary alicyclic amines) is 1. The lowest BCUT2D eigenvalue weighted by Gasteiger charge is -2.31. The van der Waals surface area contributed by atoms with Crippen molar-refractivity contribution in [3.05, 3.63) is 40.1 Å². The zero-order valence-corrected chi connectivity index (χ0v) is 19.6. The van der Waals surface area contributed by atoms with Crippen molar-refractivity contribution >= 4 is 17.2 Å². The molecule has 1 aromatic carbocycles. The van der Waals surface area contributed by atoms with Crippen molar-refractivity contribution in [3.8, 4) is 17.2 Å². The smallest absolute Gasteiger partial charge is 0.251 e. The number of nitrogens with one attached hydrogen (secondary N) is 1. The van der Waals surface area contributed by atoms with Crippen molar-refractivity contribution in [2.75, 3.05) is 39.5 Å². The summed E-state index contributed by atoms with van der Waals surface area (Å²) in [5.41, 5.74) is 1.92. The lowest BCUT2D eigenvalue weighted by molar-refractivity contribution is 0.0934. The van der Waals surface area contributed by atoms with Crippen LogP contribution < -0.4 is 19.5 Å². The number of carbonyl (C=O) groups excluding carboxylic acids is 1. The van der Waals surface area contributed by atoms with E-state index in [0.29, 0.717) is 55.1 Å². The van der Waals surface area contributed by atoms with Gasteiger partial charge < -0.3 is 19.5 Å². The molecule has 1 aliphatic heterocycles. The molecular weight excluding hydrogens is 412 g/mol. The van der Waals surface area contributed by atoms with Crippen molar-refractivity contribution < 1.29 is 19.0 Å². The van der Waals surface area contributed by atoms with E-state index >= 15 is 0 Å². The van der Waals surface area contributed by atoms with Gasteiger partial charge in [-0.3, -0.25) is 9.69 Å². The molecule has 1 fully saturated rings. The Labute approximate surface area is 189 Å². The van der Waals surface area contributed by atoms with E-state index in [0.717, 1.165) is 32.5 Å². The van der Waals surface area contributed by atoms with Crippen LogP contribution in [0.15, 0.2) is 29.0 Å². The zero-order valence-electron chi connectivity index (χ0n) is 18.8. The molecule has 1 aliphatic rings. The fraction of sp³-hybridized carbons (Fsp3) is 0.542. The number of hydrogen-bond donors (Lipinski definition) is 1. The largest absolute Gasteiger partial charge is 0.490 e. The number of benzene rings is 1. The quantitative estimate of drug-likeness (QED) is 0.547. The van der Waals surface area contributed by atoms with Crippen molar-refractivity contribution in [2.45, 2.75) is 40.2 Å². The second kappa shape index (κ2) is 12.0. The maximum Gasteiger partial charge on any atom is 0.251 e. The summed E-state index contributed by atoms with van der Waals surface area (Å²) >= 11 is 1.75. The van der Waals surface area contributed by atoms with Gasteiger partial charge in [0.2, 0.25) is 5.75 Å². The highest BCUT2D eigenvalue weighted by Crippen LogP contribution is 2.39. The molecule has 0 radical (unpaired) electrons. The summed E-state index contributed by atoms with van der Waals surface area (Å²) in [6.45, 7) is 11.1. The van der Waals surface area contributed by atoms with Crippen LogP contribution in [0.4, 0.5) is 0 Å². The topological polar surface area (TPSA) is 60.0 Å². The lowest BCUT2D eigenvalue weighted by Crippen LogP contribution is -2.38. The van der Waals surface area contributed by atoms with Crippen molar-refractivity contribution in [3.63, 3.8) is 0 Å². The van der Waals surface area contributed by atoms with Crippen LogP contribution in [0.5, 0.6) is 17.2 Å². The molecule has 0 aliphatic carbocycles. The summed E-state index contributed by atoms with van der Waals surface area (Å²) in [5, 5.41) is 7.46. The van der Waals surface area contributed by atoms with E-state index < -0.39 is 0 Å². The summed E-state index contributed by atoms with van der Waals surface area (Å²) in [6.07, 6.45) is 2.20. The molecule has 2 heterocycles. The van der Waals surface area contributed by atoms with Crippen LogP contribution in [-0.2, 0) is 6.54 Å². The normalized spacial score (nSPS) is 14.9. The first-order chi connectivity index (χ1) is 15.1. The SMILES string of the molecule is CCOc1cc(C(=O)NCC2CCN(Cc3ccsc3)CC2)cc(OCC)c1OCC. The minimum atomic E-state index is -0.106. The van der Waals surface area contributed by atoms with Gasteiger partial charge in [0, 0.05) is 18.7 Å². The maximum atomic E-state index is 12.9. The van der Waals surface area contributed by atoms with Crippen molar-refractivity contribution in [1.82, 2.24) is 10.2 Å². The van der Waals surface area contributed by atoms with Gasteiger partial charge in [0.1, 0.15) is 0 Å². The van der Waals surface area contributed by atoms with Gasteiger partial charge >= 0.3 is 0 Å². The Morgan fingerprint density at radius 3 is 2.26 bits per heavy atom. The van der Waals surface area contributed by atoms with E-state index in [4.69, 9.17) is 14.2 Å². The molecule has 1 saturated heterocycles. The molecule has 31 heavy (non-hydrogen) atoms. The highest BCUT2D eigenvalue weighted by molar-refractivity contribution is 7.07. The predicted molar refractivity (Wildman–Crippen MR) is 125 cm³/mol. The molecule has 1 aromatic heterocycles. The number of carbonyl (C=O) groups is 1. The molecule has 7 heteroatoms. The molecule has 170 valence electrons. The number of hydrogen-bond acceptors (Lipinski definition) is 6. The van der Waals surface area contributed by atoms with Crippen LogP contribution in [0.25, 0.3) is 0 Å². The standard InChI is InChI=1S/C24H34N2O4S/c1-4-28-21-13-20(14-22(29-5-2)23(21)30-6-3)24(27)25-15-18-7-10-26(11-8-18)16-19-9-12-31-17-19/h9,12-14,17-18H,4-8,10-11,15-16H2,1-3H3,(H,25,27). The number of nitrogens with zero attached hydrogens (tertiary/aromatic N) is 1. The number of thiophene rings is 1. The first-order valence-electron chi connectivity index (χ1n) is 11.2. The fourth-order valence-corrected chi connectivity index (χ4v) is 4.51. The van der Waals surface area contributed by atoms with Crippen molar-refractivity contribution in [2.24, 2.45) is 5.92 Å². The zero-order chi connectivity index (χ0) is 22.1. The van der Waals surface area contributed by atoms with E-state index in [9.17, 15) is 4.79 Å². The van der Waals surface area contributed by atoms with Gasteiger partial charge in [0.15, 0.2) is 11.5 Å². The number of rotatable bonds is 11. The van der Waals surface area contributed by atoms with Crippen LogP contribution in [0, 0.1) is 5.92 Å². The van der Waals surface area contributed by atoms with E-state index in [1.165, 1.54) is 5.56 Å². The summed E-state index contributed by atoms with van der Waals surface area (Å²) in [7, 11) is 0. The minimum absolute atomic E-state index is 0.106. The Morgan fingerprint density at radius 2 is 1.71 bits per heavy atom. The van der Waals surface area contributed by atoms with E-state index in [-0.39, 0.29) is 5.91 Å². The molecule has 2 aromatic rings. The van der Waals surface area contributed by atoms with Gasteiger partial charge in [0.05, 0.1) is 19.8 Å². The van der Waals surface area contributed by atoms with Crippen LogP contribution >= 0.6 is 11.3 Å². The average Bonchev–Trinajstić information content (AvgIpc) is 3.28. The van der Waals surface area contributed by atoms with E-state index in [1.807, 2.05) is 20.8 Å². The van der Waals surface area contributed by atoms with Crippen LogP contribution in [0.1, 0.15) is 49.5 Å². The Morgan fingerprint density at radius 1 is 1.06 bits per heavy atom. The van der Waals surface area contributed by atoms with Gasteiger partial charge in [0.25, 0.3) is 5.91 Å². The Hall–Kier alpha value is -2.25. The second-order valence-corrected chi connectivity index (χ2v) is 8.44. The lowest BCUT2D eigenvalue weighted by atomic mass is 9.96. The monoisotopic (exact) mass is 446 g/mol. The van der Waals surface area contributed by atoms with Gasteiger partial charge in [-0.15, -0.1) is 0 Å². The van der Waals surface area contributed by atoms with Crippen LogP contribution in [0.3, 0.4) is 0 Å². The third-order valence-electron chi connectivity index (χ3n) is 5.42. The summed E-state index contributed by atoms with van der Waals surface area (Å²) < 4.78 is 17.2. The molecule has 0 unspecified atom stereocenters. The third-order valence-corrected chi connectivity index (χ3v) is 6.15. The molecule has 6 nitrogen and oxygen atoms in total. The number of ether oxygens (including phenoxy) is 3. The number of amides is 1. The first-order valence-corrected chi connectivity index (χ1v) is 12.2. The highest BCUT2D eigenvalue weighted by atomic mass is 32.1. The average molecular weight is 447 g/mol. The summed E-state index contributed by atoms with van der Waals surface area (Å²) in [4.78, 5) is 15.4. The molecule has 0 saturated carbocycles. The summed E-state index contributed by atoms with van der Waals surface area (Å²) in [6, 6.07) is 5.69. The van der Waals surface area contributed by atoms with Gasteiger partial charge in [-0.05, 0) is 87.1 Å². The molecule has 1 N–H and O–H groups in total. The van der Waals surface area contributed by atoms with Crippen LogP contribution in [-0.4, -0.2) is 50.3 Å². The minimum Gasteiger partial charge on any atom is -0.490 e.